The Labute approximate surface area is 242 Å². The molecule has 2 atom stereocenters. The number of amides is 3. The Balaban J connectivity index is 1.99. The SMILES string of the molecule is C=CCN(C(=O)C(Cc1ccc(O)cc1)NC(=O)OC(C)(C)C)C(C(=O)NCc1ccccc1)c1cccc(C)c1. The molecule has 3 rings (SSSR count). The molecule has 0 spiro atoms. The van der Waals surface area contributed by atoms with Crippen LogP contribution in [-0.2, 0) is 27.3 Å². The minimum absolute atomic E-state index is 0.0538. The summed E-state index contributed by atoms with van der Waals surface area (Å²) < 4.78 is 5.45. The molecule has 0 radical (unpaired) electrons. The van der Waals surface area contributed by atoms with Crippen molar-refractivity contribution in [3.63, 3.8) is 0 Å². The Hall–Kier alpha value is -4.59. The summed E-state index contributed by atoms with van der Waals surface area (Å²) in [6, 6.07) is 21.2. The predicted molar refractivity (Wildman–Crippen MR) is 159 cm³/mol. The van der Waals surface area contributed by atoms with Crippen molar-refractivity contribution in [2.45, 2.75) is 58.3 Å². The Kier molecular flexibility index (Phi) is 10.7. The predicted octanol–water partition coefficient (Wildman–Crippen LogP) is 5.21. The third-order valence-electron chi connectivity index (χ3n) is 6.20. The molecule has 0 fully saturated rings. The minimum atomic E-state index is -1.07. The van der Waals surface area contributed by atoms with E-state index in [0.717, 1.165) is 11.1 Å². The summed E-state index contributed by atoms with van der Waals surface area (Å²) in [5.41, 5.74) is 2.41. The molecule has 3 aromatic rings. The zero-order chi connectivity index (χ0) is 30.0. The number of nitrogens with one attached hydrogen (secondary N) is 2. The van der Waals surface area contributed by atoms with Gasteiger partial charge in [0.15, 0.2) is 0 Å². The molecule has 3 N–H and O–H groups in total. The number of rotatable bonds is 11. The van der Waals surface area contributed by atoms with Crippen LogP contribution in [0.1, 0.15) is 49.1 Å². The Morgan fingerprint density at radius 1 is 0.976 bits per heavy atom. The van der Waals surface area contributed by atoms with Crippen molar-refractivity contribution in [2.75, 3.05) is 6.54 Å². The van der Waals surface area contributed by atoms with Crippen molar-refractivity contribution in [1.82, 2.24) is 15.5 Å². The standard InChI is InChI=1S/C33H39N3O5/c1-6-19-36(29(26-14-10-11-23(2)20-26)30(38)34-22-25-12-8-7-9-13-25)31(39)28(35-32(40)41-33(3,4)5)21-24-15-17-27(37)18-16-24/h6-18,20,28-29,37H,1,19,21-22H2,2-5H3,(H,34,38)(H,35,40). The third kappa shape index (κ3) is 9.53. The number of nitrogens with zero attached hydrogens (tertiary/aromatic N) is 1. The summed E-state index contributed by atoms with van der Waals surface area (Å²) >= 11 is 0. The van der Waals surface area contributed by atoms with Crippen LogP contribution in [-0.4, -0.2) is 46.1 Å². The van der Waals surface area contributed by atoms with Gasteiger partial charge in [-0.15, -0.1) is 6.58 Å². The molecule has 0 saturated carbocycles. The highest BCUT2D eigenvalue weighted by atomic mass is 16.6. The summed E-state index contributed by atoms with van der Waals surface area (Å²) in [6.07, 6.45) is 0.905. The van der Waals surface area contributed by atoms with E-state index in [0.29, 0.717) is 11.1 Å². The largest absolute Gasteiger partial charge is 0.508 e. The maximum Gasteiger partial charge on any atom is 0.408 e. The summed E-state index contributed by atoms with van der Waals surface area (Å²) in [5, 5.41) is 15.4. The molecule has 216 valence electrons. The number of phenolic OH excluding ortho intramolecular Hbond substituents is 1. The first-order valence-electron chi connectivity index (χ1n) is 13.5. The van der Waals surface area contributed by atoms with Crippen molar-refractivity contribution >= 4 is 17.9 Å². The van der Waals surface area contributed by atoms with Gasteiger partial charge in [0.05, 0.1) is 0 Å². The summed E-state index contributed by atoms with van der Waals surface area (Å²) in [5.74, 6) is -0.764. The molecule has 8 heteroatoms. The quantitative estimate of drug-likeness (QED) is 0.281. The monoisotopic (exact) mass is 557 g/mol. The zero-order valence-electron chi connectivity index (χ0n) is 24.1. The normalized spacial score (nSPS) is 12.5. The van der Waals surface area contributed by atoms with Crippen LogP contribution in [0.4, 0.5) is 4.79 Å². The fourth-order valence-corrected chi connectivity index (χ4v) is 4.37. The van der Waals surface area contributed by atoms with Crippen molar-refractivity contribution in [3.05, 3.63) is 114 Å². The molecule has 0 bridgehead atoms. The van der Waals surface area contributed by atoms with Gasteiger partial charge in [-0.05, 0) is 56.5 Å². The number of aryl methyl sites for hydroxylation is 1. The molecule has 0 aromatic heterocycles. The van der Waals surface area contributed by atoms with Crippen LogP contribution in [0.2, 0.25) is 0 Å². The molecule has 3 aromatic carbocycles. The van der Waals surface area contributed by atoms with Gasteiger partial charge in [-0.25, -0.2) is 4.79 Å². The molecule has 41 heavy (non-hydrogen) atoms. The lowest BCUT2D eigenvalue weighted by Gasteiger charge is -2.34. The fraction of sp³-hybridized carbons (Fsp3) is 0.303. The van der Waals surface area contributed by atoms with Crippen molar-refractivity contribution < 1.29 is 24.2 Å². The smallest absolute Gasteiger partial charge is 0.408 e. The van der Waals surface area contributed by atoms with E-state index >= 15 is 0 Å². The van der Waals surface area contributed by atoms with Gasteiger partial charge in [-0.1, -0.05) is 78.4 Å². The number of alkyl carbamates (subject to hydrolysis) is 1. The lowest BCUT2D eigenvalue weighted by atomic mass is 9.99. The van der Waals surface area contributed by atoms with Crippen LogP contribution in [0.15, 0.2) is 91.5 Å². The highest BCUT2D eigenvalue weighted by Gasteiger charge is 2.36. The second-order valence-electron chi connectivity index (χ2n) is 10.9. The lowest BCUT2D eigenvalue weighted by Crippen LogP contribution is -2.53. The number of benzene rings is 3. The summed E-state index contributed by atoms with van der Waals surface area (Å²) in [6.45, 7) is 11.3. The first kappa shape index (κ1) is 30.9. The van der Waals surface area contributed by atoms with Gasteiger partial charge in [0.2, 0.25) is 11.8 Å². The van der Waals surface area contributed by atoms with Gasteiger partial charge < -0.3 is 25.4 Å². The van der Waals surface area contributed by atoms with Gasteiger partial charge >= 0.3 is 6.09 Å². The molecule has 8 nitrogen and oxygen atoms in total. The summed E-state index contributed by atoms with van der Waals surface area (Å²) in [4.78, 5) is 42.3. The average molecular weight is 558 g/mol. The van der Waals surface area contributed by atoms with Crippen LogP contribution in [0.3, 0.4) is 0 Å². The number of ether oxygens (including phenoxy) is 1. The van der Waals surface area contributed by atoms with Crippen LogP contribution in [0.5, 0.6) is 5.75 Å². The number of phenols is 1. The van der Waals surface area contributed by atoms with Crippen LogP contribution >= 0.6 is 0 Å². The molecule has 0 saturated heterocycles. The van der Waals surface area contributed by atoms with E-state index < -0.39 is 29.7 Å². The highest BCUT2D eigenvalue weighted by Crippen LogP contribution is 2.25. The van der Waals surface area contributed by atoms with E-state index in [1.54, 1.807) is 45.0 Å². The Morgan fingerprint density at radius 2 is 1.66 bits per heavy atom. The summed E-state index contributed by atoms with van der Waals surface area (Å²) in [7, 11) is 0. The van der Waals surface area contributed by atoms with Crippen molar-refractivity contribution in [1.29, 1.82) is 0 Å². The number of hydrogen-bond donors (Lipinski definition) is 3. The van der Waals surface area contributed by atoms with E-state index in [1.165, 1.54) is 17.0 Å². The first-order valence-corrected chi connectivity index (χ1v) is 13.5. The van der Waals surface area contributed by atoms with E-state index in [2.05, 4.69) is 17.2 Å². The average Bonchev–Trinajstić information content (AvgIpc) is 2.91. The number of aromatic hydroxyl groups is 1. The molecule has 0 aliphatic carbocycles. The molecule has 0 aliphatic heterocycles. The van der Waals surface area contributed by atoms with Crippen LogP contribution in [0.25, 0.3) is 0 Å². The van der Waals surface area contributed by atoms with E-state index in [9.17, 15) is 19.5 Å². The van der Waals surface area contributed by atoms with E-state index in [-0.39, 0.29) is 31.2 Å². The maximum absolute atomic E-state index is 14.3. The lowest BCUT2D eigenvalue weighted by molar-refractivity contribution is -0.141. The topological polar surface area (TPSA) is 108 Å². The fourth-order valence-electron chi connectivity index (χ4n) is 4.37. The first-order chi connectivity index (χ1) is 19.5. The number of carbonyl (C=O) groups excluding carboxylic acids is 3. The van der Waals surface area contributed by atoms with Gasteiger partial charge in [0.1, 0.15) is 23.4 Å². The highest BCUT2D eigenvalue weighted by molar-refractivity contribution is 5.92. The molecule has 0 aliphatic rings. The molecular formula is C33H39N3O5. The van der Waals surface area contributed by atoms with Crippen molar-refractivity contribution in [2.24, 2.45) is 0 Å². The maximum atomic E-state index is 14.3. The second kappa shape index (κ2) is 14.2. The Morgan fingerprint density at radius 3 is 2.27 bits per heavy atom. The number of hydrogen-bond acceptors (Lipinski definition) is 5. The van der Waals surface area contributed by atoms with Crippen LogP contribution in [0, 0.1) is 6.92 Å². The van der Waals surface area contributed by atoms with Gasteiger partial charge in [-0.3, -0.25) is 9.59 Å². The van der Waals surface area contributed by atoms with E-state index in [4.69, 9.17) is 4.74 Å². The number of carbonyl (C=O) groups is 3. The molecule has 0 heterocycles. The van der Waals surface area contributed by atoms with Gasteiger partial charge in [0.25, 0.3) is 0 Å². The molecular weight excluding hydrogens is 518 g/mol. The van der Waals surface area contributed by atoms with Gasteiger partial charge in [-0.2, -0.15) is 0 Å². The van der Waals surface area contributed by atoms with Crippen molar-refractivity contribution in [3.8, 4) is 5.75 Å². The van der Waals surface area contributed by atoms with E-state index in [1.807, 2.05) is 55.5 Å². The zero-order valence-corrected chi connectivity index (χ0v) is 24.1. The van der Waals surface area contributed by atoms with Gasteiger partial charge in [0, 0.05) is 19.5 Å². The Bertz CT molecular complexity index is 1330. The minimum Gasteiger partial charge on any atom is -0.508 e. The van der Waals surface area contributed by atoms with Crippen LogP contribution < -0.4 is 10.6 Å². The molecule has 3 amide bonds. The molecule has 2 unspecified atom stereocenters. The third-order valence-corrected chi connectivity index (χ3v) is 6.20. The second-order valence-corrected chi connectivity index (χ2v) is 10.9.